The van der Waals surface area contributed by atoms with E-state index in [1.807, 2.05) is 12.3 Å². The molecule has 1 aromatic heterocycles. The molecule has 1 aliphatic rings. The largest absolute Gasteiger partial charge is 0.391 e. The number of aliphatic imine (C=N–C) groups is 1. The number of hydrogen-bond acceptors (Lipinski definition) is 3. The predicted octanol–water partition coefficient (Wildman–Crippen LogP) is 4.50. The molecule has 2 atom stereocenters. The van der Waals surface area contributed by atoms with Gasteiger partial charge in [-0.05, 0) is 32.6 Å². The number of aryl methyl sites for hydroxylation is 1. The van der Waals surface area contributed by atoms with Gasteiger partial charge in [0.25, 0.3) is 0 Å². The summed E-state index contributed by atoms with van der Waals surface area (Å²) >= 11 is 1.61. The summed E-state index contributed by atoms with van der Waals surface area (Å²) in [7, 11) is 0. The van der Waals surface area contributed by atoms with Crippen LogP contribution in [-0.4, -0.2) is 29.7 Å². The van der Waals surface area contributed by atoms with Gasteiger partial charge in [0.15, 0.2) is 5.96 Å². The molecule has 1 aromatic rings. The summed E-state index contributed by atoms with van der Waals surface area (Å²) in [6.45, 7) is 5.09. The number of thiazole rings is 1. The summed E-state index contributed by atoms with van der Waals surface area (Å²) in [5.41, 5.74) is 0.894. The zero-order chi connectivity index (χ0) is 17.6. The zero-order valence-electron chi connectivity index (χ0n) is 14.5. The van der Waals surface area contributed by atoms with Gasteiger partial charge < -0.3 is 10.6 Å². The number of aromatic nitrogens is 1. The molecular weight excluding hydrogens is 464 g/mol. The first-order valence-electron chi connectivity index (χ1n) is 8.47. The molecular formula is C16H26F3IN4S. The summed E-state index contributed by atoms with van der Waals surface area (Å²) < 4.78 is 38.8. The Labute approximate surface area is 168 Å². The number of nitrogens with one attached hydrogen (secondary N) is 2. The maximum absolute atomic E-state index is 12.9. The fourth-order valence-corrected chi connectivity index (χ4v) is 3.61. The van der Waals surface area contributed by atoms with E-state index in [9.17, 15) is 13.2 Å². The van der Waals surface area contributed by atoms with Crippen LogP contribution in [0.25, 0.3) is 0 Å². The Balaban J connectivity index is 0.00000312. The molecule has 2 N–H and O–H groups in total. The van der Waals surface area contributed by atoms with E-state index in [1.54, 1.807) is 11.3 Å². The number of hydrogen-bond donors (Lipinski definition) is 2. The summed E-state index contributed by atoms with van der Waals surface area (Å²) in [6, 6.07) is -0.190. The lowest BCUT2D eigenvalue weighted by Gasteiger charge is -2.31. The first-order chi connectivity index (χ1) is 11.4. The van der Waals surface area contributed by atoms with Gasteiger partial charge in [-0.2, -0.15) is 13.2 Å². The molecule has 0 aliphatic heterocycles. The lowest BCUT2D eigenvalue weighted by molar-refractivity contribution is -0.183. The Hall–Kier alpha value is -0.580. The van der Waals surface area contributed by atoms with Crippen molar-refractivity contribution in [1.82, 2.24) is 15.6 Å². The molecule has 2 rings (SSSR count). The highest BCUT2D eigenvalue weighted by molar-refractivity contribution is 14.0. The number of halogens is 4. The van der Waals surface area contributed by atoms with Gasteiger partial charge in [0.05, 0.1) is 23.2 Å². The Kier molecular flexibility index (Phi) is 9.47. The van der Waals surface area contributed by atoms with Crippen molar-refractivity contribution in [2.24, 2.45) is 10.9 Å². The van der Waals surface area contributed by atoms with Gasteiger partial charge in [-0.1, -0.05) is 13.3 Å². The lowest BCUT2D eigenvalue weighted by Crippen LogP contribution is -2.46. The SMILES string of the molecule is CCNC(=NCc1csc(CC)n1)NC1CCCC(C(F)(F)F)C1.I. The van der Waals surface area contributed by atoms with Gasteiger partial charge in [0.2, 0.25) is 0 Å². The van der Waals surface area contributed by atoms with Crippen molar-refractivity contribution in [3.63, 3.8) is 0 Å². The van der Waals surface area contributed by atoms with E-state index in [1.165, 1.54) is 0 Å². The molecule has 0 radical (unpaired) electrons. The highest BCUT2D eigenvalue weighted by Gasteiger charge is 2.42. The Morgan fingerprint density at radius 2 is 2.12 bits per heavy atom. The summed E-state index contributed by atoms with van der Waals surface area (Å²) in [4.78, 5) is 8.93. The second-order valence-electron chi connectivity index (χ2n) is 6.03. The minimum atomic E-state index is -4.10. The van der Waals surface area contributed by atoms with Crippen LogP contribution in [0.2, 0.25) is 0 Å². The third kappa shape index (κ3) is 7.28. The predicted molar refractivity (Wildman–Crippen MR) is 107 cm³/mol. The lowest BCUT2D eigenvalue weighted by atomic mass is 9.85. The van der Waals surface area contributed by atoms with Crippen molar-refractivity contribution in [3.8, 4) is 0 Å². The monoisotopic (exact) mass is 490 g/mol. The molecule has 4 nitrogen and oxygen atoms in total. The van der Waals surface area contributed by atoms with E-state index in [-0.39, 0.29) is 42.9 Å². The second-order valence-corrected chi connectivity index (χ2v) is 6.97. The first-order valence-corrected chi connectivity index (χ1v) is 9.35. The van der Waals surface area contributed by atoms with Crippen molar-refractivity contribution >= 4 is 41.3 Å². The molecule has 2 unspecified atom stereocenters. The maximum atomic E-state index is 12.9. The third-order valence-electron chi connectivity index (χ3n) is 4.12. The number of nitrogens with zero attached hydrogens (tertiary/aromatic N) is 2. The van der Waals surface area contributed by atoms with E-state index >= 15 is 0 Å². The molecule has 0 spiro atoms. The van der Waals surface area contributed by atoms with E-state index in [2.05, 4.69) is 27.5 Å². The average Bonchev–Trinajstić information content (AvgIpc) is 3.00. The maximum Gasteiger partial charge on any atom is 0.391 e. The van der Waals surface area contributed by atoms with Gasteiger partial charge in [-0.15, -0.1) is 35.3 Å². The smallest absolute Gasteiger partial charge is 0.357 e. The standard InChI is InChI=1S/C16H25F3N4S.HI/c1-3-14-22-13(10-24-14)9-21-15(20-4-2)23-12-7-5-6-11(8-12)16(17,18)19;/h10-12H,3-9H2,1-2H3,(H2,20,21,23);1H. The second kappa shape index (κ2) is 10.5. The van der Waals surface area contributed by atoms with Gasteiger partial charge in [0, 0.05) is 18.0 Å². The molecule has 0 bridgehead atoms. The van der Waals surface area contributed by atoms with Gasteiger partial charge in [0.1, 0.15) is 0 Å². The Morgan fingerprint density at radius 1 is 1.36 bits per heavy atom. The minimum absolute atomic E-state index is 0. The van der Waals surface area contributed by atoms with Crippen LogP contribution < -0.4 is 10.6 Å². The molecule has 25 heavy (non-hydrogen) atoms. The number of guanidine groups is 1. The molecule has 1 aliphatic carbocycles. The van der Waals surface area contributed by atoms with Crippen molar-refractivity contribution in [3.05, 3.63) is 16.1 Å². The summed E-state index contributed by atoms with van der Waals surface area (Å²) in [5.74, 6) is -0.645. The van der Waals surface area contributed by atoms with E-state index < -0.39 is 12.1 Å². The average molecular weight is 490 g/mol. The molecule has 0 amide bonds. The fourth-order valence-electron chi connectivity index (χ4n) is 2.88. The zero-order valence-corrected chi connectivity index (χ0v) is 17.7. The topological polar surface area (TPSA) is 49.3 Å². The van der Waals surface area contributed by atoms with Crippen molar-refractivity contribution in [2.45, 2.75) is 64.7 Å². The highest BCUT2D eigenvalue weighted by atomic mass is 127. The molecule has 1 fully saturated rings. The third-order valence-corrected chi connectivity index (χ3v) is 5.17. The van der Waals surface area contributed by atoms with Crippen molar-refractivity contribution < 1.29 is 13.2 Å². The van der Waals surface area contributed by atoms with Crippen LogP contribution in [-0.2, 0) is 13.0 Å². The van der Waals surface area contributed by atoms with Crippen LogP contribution in [0, 0.1) is 5.92 Å². The fraction of sp³-hybridized carbons (Fsp3) is 0.750. The Morgan fingerprint density at radius 3 is 2.72 bits per heavy atom. The highest BCUT2D eigenvalue weighted by Crippen LogP contribution is 2.37. The van der Waals surface area contributed by atoms with Crippen LogP contribution >= 0.6 is 35.3 Å². The molecule has 1 saturated carbocycles. The van der Waals surface area contributed by atoms with Crippen molar-refractivity contribution in [1.29, 1.82) is 0 Å². The molecule has 9 heteroatoms. The van der Waals surface area contributed by atoms with Crippen LogP contribution in [0.1, 0.15) is 50.2 Å². The van der Waals surface area contributed by atoms with Crippen LogP contribution in [0.4, 0.5) is 13.2 Å². The van der Waals surface area contributed by atoms with Gasteiger partial charge in [-0.3, -0.25) is 0 Å². The number of rotatable bonds is 5. The molecule has 0 saturated heterocycles. The minimum Gasteiger partial charge on any atom is -0.357 e. The van der Waals surface area contributed by atoms with Crippen molar-refractivity contribution in [2.75, 3.05) is 6.54 Å². The molecule has 0 aromatic carbocycles. The first kappa shape index (κ1) is 22.5. The number of alkyl halides is 3. The van der Waals surface area contributed by atoms with Gasteiger partial charge in [-0.25, -0.2) is 9.98 Å². The molecule has 1 heterocycles. The van der Waals surface area contributed by atoms with Crippen LogP contribution in [0.3, 0.4) is 0 Å². The Bertz CT molecular complexity index is 548. The normalized spacial score (nSPS) is 21.6. The summed E-state index contributed by atoms with van der Waals surface area (Å²) in [5, 5.41) is 9.32. The van der Waals surface area contributed by atoms with E-state index in [4.69, 9.17) is 0 Å². The van der Waals surface area contributed by atoms with E-state index in [0.717, 1.165) is 23.5 Å². The van der Waals surface area contributed by atoms with Crippen LogP contribution in [0.15, 0.2) is 10.4 Å². The van der Waals surface area contributed by atoms with Crippen LogP contribution in [0.5, 0.6) is 0 Å². The molecule has 144 valence electrons. The van der Waals surface area contributed by atoms with E-state index in [0.29, 0.717) is 25.5 Å². The van der Waals surface area contributed by atoms with Gasteiger partial charge >= 0.3 is 6.18 Å². The summed E-state index contributed by atoms with van der Waals surface area (Å²) in [6.07, 6.45) is -1.53. The quantitative estimate of drug-likeness (QED) is 0.363.